The highest BCUT2D eigenvalue weighted by molar-refractivity contribution is 8.13. The lowest BCUT2D eigenvalue weighted by Crippen LogP contribution is -1.99. The van der Waals surface area contributed by atoms with E-state index in [2.05, 4.69) is 0 Å². The molecule has 1 aromatic carbocycles. The van der Waals surface area contributed by atoms with Crippen molar-refractivity contribution in [2.45, 2.75) is 12.7 Å². The summed E-state index contributed by atoms with van der Waals surface area (Å²) in [7, 11) is 1.32. The van der Waals surface area contributed by atoms with Gasteiger partial charge in [-0.05, 0) is 24.1 Å². The van der Waals surface area contributed by atoms with E-state index in [0.717, 1.165) is 0 Å². The second-order valence-corrected chi connectivity index (χ2v) is 6.19. The molecule has 0 spiro atoms. The molecule has 0 saturated carbocycles. The van der Waals surface area contributed by atoms with Crippen LogP contribution in [0.3, 0.4) is 0 Å². The average Bonchev–Trinajstić information content (AvgIpc) is 2.07. The summed E-state index contributed by atoms with van der Waals surface area (Å²) in [5.74, 6) is -1.43. The topological polar surface area (TPSA) is 74.6 Å². The molecule has 0 unspecified atom stereocenters. The Morgan fingerprint density at radius 3 is 2.40 bits per heavy atom. The molecule has 0 heterocycles. The summed E-state index contributed by atoms with van der Waals surface area (Å²) >= 11 is 5.68. The van der Waals surface area contributed by atoms with Crippen LogP contribution in [0.2, 0.25) is 5.02 Å². The number of hydrogen-bond donors (Lipinski definition) is 2. The molecule has 1 rings (SSSR count). The molecule has 0 aromatic heterocycles. The van der Waals surface area contributed by atoms with Gasteiger partial charge in [-0.1, -0.05) is 11.6 Å². The summed E-state index contributed by atoms with van der Waals surface area (Å²) in [6, 6.07) is 1.22. The van der Waals surface area contributed by atoms with Crippen molar-refractivity contribution in [2.75, 3.05) is 0 Å². The van der Waals surface area contributed by atoms with Crippen LogP contribution < -0.4 is 0 Å². The van der Waals surface area contributed by atoms with Gasteiger partial charge in [0.2, 0.25) is 9.05 Å². The van der Waals surface area contributed by atoms with Crippen LogP contribution in [-0.4, -0.2) is 18.6 Å². The van der Waals surface area contributed by atoms with E-state index in [0.29, 0.717) is 5.56 Å². The van der Waals surface area contributed by atoms with E-state index < -0.39 is 26.3 Å². The van der Waals surface area contributed by atoms with Gasteiger partial charge in [-0.25, -0.2) is 8.42 Å². The quantitative estimate of drug-likeness (QED) is 0.638. The Labute approximate surface area is 96.5 Å². The fourth-order valence-corrected chi connectivity index (χ4v) is 2.57. The average molecular weight is 271 g/mol. The third kappa shape index (κ3) is 2.90. The minimum atomic E-state index is -3.76. The first-order chi connectivity index (χ1) is 6.72. The number of benzene rings is 1. The Morgan fingerprint density at radius 2 is 1.93 bits per heavy atom. The number of aryl methyl sites for hydroxylation is 1. The summed E-state index contributed by atoms with van der Waals surface area (Å²) in [4.78, 5) is 0. The molecule has 0 aliphatic heterocycles. The molecule has 84 valence electrons. The fraction of sp³-hybridized carbons (Fsp3) is 0.250. The zero-order chi connectivity index (χ0) is 11.8. The minimum Gasteiger partial charge on any atom is -0.504 e. The normalized spacial score (nSPS) is 11.7. The molecule has 1 aromatic rings. The second kappa shape index (κ2) is 4.08. The van der Waals surface area contributed by atoms with Crippen molar-refractivity contribution in [1.82, 2.24) is 0 Å². The molecule has 0 bridgehead atoms. The number of phenols is 2. The Hall–Kier alpha value is -0.650. The SMILES string of the molecule is Cc1cc(O)c(O)c(Cl)c1CS(=O)(=O)Cl. The van der Waals surface area contributed by atoms with Crippen LogP contribution in [0, 0.1) is 6.92 Å². The van der Waals surface area contributed by atoms with Crippen LogP contribution in [0.25, 0.3) is 0 Å². The lowest BCUT2D eigenvalue weighted by atomic mass is 10.1. The molecule has 15 heavy (non-hydrogen) atoms. The minimum absolute atomic E-state index is 0.182. The van der Waals surface area contributed by atoms with Gasteiger partial charge in [-0.3, -0.25) is 0 Å². The molecule has 7 heteroatoms. The molecule has 0 radical (unpaired) electrons. The zero-order valence-electron chi connectivity index (χ0n) is 7.66. The van der Waals surface area contributed by atoms with Gasteiger partial charge < -0.3 is 10.2 Å². The van der Waals surface area contributed by atoms with E-state index in [1.807, 2.05) is 0 Å². The molecule has 0 amide bonds. The summed E-state index contributed by atoms with van der Waals surface area (Å²) in [5, 5.41) is 18.3. The number of aromatic hydroxyl groups is 2. The summed E-state index contributed by atoms with van der Waals surface area (Å²) in [6.07, 6.45) is 0. The second-order valence-electron chi connectivity index (χ2n) is 3.04. The Bertz CT molecular complexity index is 496. The van der Waals surface area contributed by atoms with Crippen LogP contribution in [-0.2, 0) is 14.8 Å². The van der Waals surface area contributed by atoms with Gasteiger partial charge in [0, 0.05) is 10.7 Å². The Balaban J connectivity index is 3.37. The van der Waals surface area contributed by atoms with Crippen LogP contribution in [0.15, 0.2) is 6.07 Å². The molecular formula is C8H8Cl2O4S. The lowest BCUT2D eigenvalue weighted by molar-refractivity contribution is 0.403. The number of hydrogen-bond acceptors (Lipinski definition) is 4. The molecular weight excluding hydrogens is 263 g/mol. The van der Waals surface area contributed by atoms with Gasteiger partial charge in [0.05, 0.1) is 10.8 Å². The van der Waals surface area contributed by atoms with Gasteiger partial charge in [-0.2, -0.15) is 0 Å². The highest BCUT2D eigenvalue weighted by Gasteiger charge is 2.18. The van der Waals surface area contributed by atoms with Crippen LogP contribution in [0.1, 0.15) is 11.1 Å². The van der Waals surface area contributed by atoms with Gasteiger partial charge in [0.15, 0.2) is 11.5 Å². The van der Waals surface area contributed by atoms with E-state index >= 15 is 0 Å². The number of phenolic OH excluding ortho intramolecular Hbond substituents is 2. The third-order valence-corrected chi connectivity index (χ3v) is 3.23. The van der Waals surface area contributed by atoms with E-state index in [1.54, 1.807) is 6.92 Å². The summed E-state index contributed by atoms with van der Waals surface area (Å²) in [6.45, 7) is 1.56. The summed E-state index contributed by atoms with van der Waals surface area (Å²) < 4.78 is 21.7. The molecule has 4 nitrogen and oxygen atoms in total. The first kappa shape index (κ1) is 12.4. The van der Waals surface area contributed by atoms with Gasteiger partial charge in [0.1, 0.15) is 0 Å². The molecule has 0 aliphatic carbocycles. The summed E-state index contributed by atoms with van der Waals surface area (Å²) in [5.41, 5.74) is 0.626. The van der Waals surface area contributed by atoms with Gasteiger partial charge in [0.25, 0.3) is 0 Å². The third-order valence-electron chi connectivity index (χ3n) is 1.86. The van der Waals surface area contributed by atoms with Gasteiger partial charge in [-0.15, -0.1) is 0 Å². The monoisotopic (exact) mass is 270 g/mol. The van der Waals surface area contributed by atoms with Crippen molar-refractivity contribution in [2.24, 2.45) is 0 Å². The van der Waals surface area contributed by atoms with Gasteiger partial charge >= 0.3 is 0 Å². The highest BCUT2D eigenvalue weighted by atomic mass is 35.7. The first-order valence-electron chi connectivity index (χ1n) is 3.84. The Morgan fingerprint density at radius 1 is 1.40 bits per heavy atom. The predicted octanol–water partition coefficient (Wildman–Crippen LogP) is 2.13. The van der Waals surface area contributed by atoms with E-state index in [4.69, 9.17) is 22.3 Å². The van der Waals surface area contributed by atoms with Crippen molar-refractivity contribution in [3.63, 3.8) is 0 Å². The molecule has 0 aliphatic rings. The number of rotatable bonds is 2. The molecule has 0 saturated heterocycles. The number of halogens is 2. The molecule has 0 fully saturated rings. The van der Waals surface area contributed by atoms with Crippen molar-refractivity contribution < 1.29 is 18.6 Å². The van der Waals surface area contributed by atoms with Crippen molar-refractivity contribution >= 4 is 31.3 Å². The Kier molecular flexibility index (Phi) is 3.38. The van der Waals surface area contributed by atoms with E-state index in [-0.39, 0.29) is 10.6 Å². The largest absolute Gasteiger partial charge is 0.504 e. The van der Waals surface area contributed by atoms with Crippen molar-refractivity contribution in [1.29, 1.82) is 0 Å². The van der Waals surface area contributed by atoms with Crippen LogP contribution in [0.4, 0.5) is 0 Å². The standard InChI is InChI=1S/C8H8Cl2O4S/c1-4-2-6(11)8(12)7(9)5(4)3-15(10,13)14/h2,11-12H,3H2,1H3. The van der Waals surface area contributed by atoms with Crippen LogP contribution >= 0.6 is 22.3 Å². The maximum atomic E-state index is 10.9. The van der Waals surface area contributed by atoms with E-state index in [9.17, 15) is 18.6 Å². The van der Waals surface area contributed by atoms with E-state index in [1.165, 1.54) is 6.07 Å². The smallest absolute Gasteiger partial charge is 0.236 e. The fourth-order valence-electron chi connectivity index (χ4n) is 1.14. The molecule has 0 atom stereocenters. The zero-order valence-corrected chi connectivity index (χ0v) is 9.99. The van der Waals surface area contributed by atoms with Crippen LogP contribution in [0.5, 0.6) is 11.5 Å². The lowest BCUT2D eigenvalue weighted by Gasteiger charge is -2.09. The first-order valence-corrected chi connectivity index (χ1v) is 6.70. The maximum absolute atomic E-state index is 10.9. The predicted molar refractivity (Wildman–Crippen MR) is 58.0 cm³/mol. The van der Waals surface area contributed by atoms with Crippen molar-refractivity contribution in [3.8, 4) is 11.5 Å². The van der Waals surface area contributed by atoms with Crippen molar-refractivity contribution in [3.05, 3.63) is 22.2 Å². The maximum Gasteiger partial charge on any atom is 0.236 e. The molecule has 2 N–H and O–H groups in total. The highest BCUT2D eigenvalue weighted by Crippen LogP contribution is 2.38.